The number of rotatable bonds is 6. The molecular weight excluding hydrogens is 288 g/mol. The van der Waals surface area contributed by atoms with Crippen molar-refractivity contribution in [2.24, 2.45) is 0 Å². The van der Waals surface area contributed by atoms with Crippen LogP contribution < -0.4 is 0 Å². The summed E-state index contributed by atoms with van der Waals surface area (Å²) in [5.74, 6) is 0.107. The van der Waals surface area contributed by atoms with E-state index in [0.29, 0.717) is 6.04 Å². The van der Waals surface area contributed by atoms with Gasteiger partial charge < -0.3 is 4.90 Å². The van der Waals surface area contributed by atoms with Crippen LogP contribution in [0.2, 0.25) is 0 Å². The lowest BCUT2D eigenvalue weighted by Gasteiger charge is -2.29. The first kappa shape index (κ1) is 13.6. The zero-order valence-electron chi connectivity index (χ0n) is 9.65. The standard InChI is InChI=1S/C11H17BrN2OS/c1-3-9(4-2)14(6-5-12)11(15)10-7-13-8-16-10/h7-9H,3-6H2,1-2H3. The lowest BCUT2D eigenvalue weighted by Crippen LogP contribution is -2.40. The van der Waals surface area contributed by atoms with E-state index in [1.807, 2.05) is 4.90 Å². The molecular formula is C11H17BrN2OS. The summed E-state index contributed by atoms with van der Waals surface area (Å²) in [6.07, 6.45) is 3.64. The SMILES string of the molecule is CCC(CC)N(CCBr)C(=O)c1cncs1. The van der Waals surface area contributed by atoms with Crippen LogP contribution in [0.15, 0.2) is 11.7 Å². The number of nitrogens with zero attached hydrogens (tertiary/aromatic N) is 2. The third-order valence-electron chi connectivity index (χ3n) is 2.61. The number of carbonyl (C=O) groups excluding carboxylic acids is 1. The van der Waals surface area contributed by atoms with Crippen LogP contribution in [0.5, 0.6) is 0 Å². The molecule has 0 aromatic carbocycles. The molecule has 0 fully saturated rings. The second kappa shape index (κ2) is 7.01. The highest BCUT2D eigenvalue weighted by Crippen LogP contribution is 2.16. The smallest absolute Gasteiger partial charge is 0.265 e. The predicted molar refractivity (Wildman–Crippen MR) is 71.3 cm³/mol. The minimum atomic E-state index is 0.107. The van der Waals surface area contributed by atoms with Gasteiger partial charge in [-0.3, -0.25) is 9.78 Å². The number of amides is 1. The zero-order chi connectivity index (χ0) is 12.0. The lowest BCUT2D eigenvalue weighted by atomic mass is 10.1. The van der Waals surface area contributed by atoms with Crippen molar-refractivity contribution in [2.45, 2.75) is 32.7 Å². The minimum Gasteiger partial charge on any atom is -0.334 e. The van der Waals surface area contributed by atoms with E-state index in [0.717, 1.165) is 29.6 Å². The Hall–Kier alpha value is -0.420. The Labute approximate surface area is 109 Å². The summed E-state index contributed by atoms with van der Waals surface area (Å²) in [5, 5.41) is 0.814. The maximum atomic E-state index is 12.2. The Balaban J connectivity index is 2.80. The van der Waals surface area contributed by atoms with Crippen molar-refractivity contribution in [3.8, 4) is 0 Å². The second-order valence-electron chi connectivity index (χ2n) is 3.52. The quantitative estimate of drug-likeness (QED) is 0.756. The van der Waals surface area contributed by atoms with Gasteiger partial charge >= 0.3 is 0 Å². The van der Waals surface area contributed by atoms with Crippen LogP contribution in [0.1, 0.15) is 36.4 Å². The molecule has 3 nitrogen and oxygen atoms in total. The van der Waals surface area contributed by atoms with Gasteiger partial charge in [0.05, 0.1) is 11.7 Å². The molecule has 1 amide bonds. The molecule has 0 radical (unpaired) electrons. The Morgan fingerprint density at radius 1 is 1.56 bits per heavy atom. The number of hydrogen-bond donors (Lipinski definition) is 0. The largest absolute Gasteiger partial charge is 0.334 e. The highest BCUT2D eigenvalue weighted by Gasteiger charge is 2.22. The van der Waals surface area contributed by atoms with Crippen molar-refractivity contribution < 1.29 is 4.79 Å². The van der Waals surface area contributed by atoms with Gasteiger partial charge in [-0.05, 0) is 12.8 Å². The molecule has 0 spiro atoms. The van der Waals surface area contributed by atoms with Crippen molar-refractivity contribution in [1.29, 1.82) is 0 Å². The fourth-order valence-corrected chi connectivity index (χ4v) is 2.69. The van der Waals surface area contributed by atoms with Crippen molar-refractivity contribution in [1.82, 2.24) is 9.88 Å². The van der Waals surface area contributed by atoms with E-state index < -0.39 is 0 Å². The van der Waals surface area contributed by atoms with Gasteiger partial charge in [0.2, 0.25) is 0 Å². The van der Waals surface area contributed by atoms with Crippen LogP contribution in [0, 0.1) is 0 Å². The summed E-state index contributed by atoms with van der Waals surface area (Å²) in [7, 11) is 0. The number of carbonyl (C=O) groups is 1. The third kappa shape index (κ3) is 3.28. The number of halogens is 1. The van der Waals surface area contributed by atoms with E-state index in [1.165, 1.54) is 11.3 Å². The van der Waals surface area contributed by atoms with Crippen LogP contribution in [-0.2, 0) is 0 Å². The Morgan fingerprint density at radius 3 is 2.69 bits per heavy atom. The maximum absolute atomic E-state index is 12.2. The summed E-state index contributed by atoms with van der Waals surface area (Å²) in [6.45, 7) is 4.99. The molecule has 16 heavy (non-hydrogen) atoms. The van der Waals surface area contributed by atoms with Crippen LogP contribution in [0.3, 0.4) is 0 Å². The molecule has 5 heteroatoms. The van der Waals surface area contributed by atoms with E-state index >= 15 is 0 Å². The summed E-state index contributed by atoms with van der Waals surface area (Å²) >= 11 is 4.81. The molecule has 0 unspecified atom stereocenters. The van der Waals surface area contributed by atoms with Gasteiger partial charge in [-0.1, -0.05) is 29.8 Å². The third-order valence-corrected chi connectivity index (χ3v) is 3.73. The van der Waals surface area contributed by atoms with E-state index in [2.05, 4.69) is 34.8 Å². The molecule has 0 aliphatic heterocycles. The highest BCUT2D eigenvalue weighted by atomic mass is 79.9. The first-order valence-electron chi connectivity index (χ1n) is 5.50. The molecule has 0 saturated heterocycles. The maximum Gasteiger partial charge on any atom is 0.265 e. The van der Waals surface area contributed by atoms with E-state index in [4.69, 9.17) is 0 Å². The van der Waals surface area contributed by atoms with Crippen molar-refractivity contribution in [2.75, 3.05) is 11.9 Å². The van der Waals surface area contributed by atoms with Gasteiger partial charge in [0, 0.05) is 17.9 Å². The van der Waals surface area contributed by atoms with Gasteiger partial charge in [0.25, 0.3) is 5.91 Å². The molecule has 0 saturated carbocycles. The number of alkyl halides is 1. The monoisotopic (exact) mass is 304 g/mol. The topological polar surface area (TPSA) is 33.2 Å². The van der Waals surface area contributed by atoms with E-state index in [9.17, 15) is 4.79 Å². The first-order chi connectivity index (χ1) is 7.74. The second-order valence-corrected chi connectivity index (χ2v) is 5.20. The van der Waals surface area contributed by atoms with Crippen LogP contribution in [-0.4, -0.2) is 33.7 Å². The fraction of sp³-hybridized carbons (Fsp3) is 0.636. The molecule has 0 atom stereocenters. The average molecular weight is 305 g/mol. The summed E-state index contributed by atoms with van der Waals surface area (Å²) in [5.41, 5.74) is 1.70. The van der Waals surface area contributed by atoms with Gasteiger partial charge in [-0.25, -0.2) is 0 Å². The van der Waals surface area contributed by atoms with Gasteiger partial charge in [0.15, 0.2) is 0 Å². The predicted octanol–water partition coefficient (Wildman–Crippen LogP) is 3.17. The molecule has 1 aromatic heterocycles. The molecule has 0 aliphatic carbocycles. The normalized spacial score (nSPS) is 10.8. The zero-order valence-corrected chi connectivity index (χ0v) is 12.1. The Morgan fingerprint density at radius 2 is 2.25 bits per heavy atom. The van der Waals surface area contributed by atoms with Crippen LogP contribution >= 0.6 is 27.3 Å². The Kier molecular flexibility index (Phi) is 5.98. The summed E-state index contributed by atoms with van der Waals surface area (Å²) < 4.78 is 0. The molecule has 0 N–H and O–H groups in total. The molecule has 1 heterocycles. The number of thiazole rings is 1. The molecule has 0 bridgehead atoms. The lowest BCUT2D eigenvalue weighted by molar-refractivity contribution is 0.0687. The fourth-order valence-electron chi connectivity index (χ4n) is 1.73. The van der Waals surface area contributed by atoms with Crippen LogP contribution in [0.4, 0.5) is 0 Å². The minimum absolute atomic E-state index is 0.107. The first-order valence-corrected chi connectivity index (χ1v) is 7.50. The molecule has 90 valence electrons. The summed E-state index contributed by atoms with van der Waals surface area (Å²) in [4.78, 5) is 18.9. The van der Waals surface area contributed by atoms with Gasteiger partial charge in [-0.15, -0.1) is 11.3 Å². The highest BCUT2D eigenvalue weighted by molar-refractivity contribution is 9.09. The van der Waals surface area contributed by atoms with Gasteiger partial charge in [-0.2, -0.15) is 0 Å². The molecule has 1 aromatic rings. The summed E-state index contributed by atoms with van der Waals surface area (Å²) in [6, 6.07) is 0.326. The molecule has 0 aliphatic rings. The van der Waals surface area contributed by atoms with E-state index in [-0.39, 0.29) is 5.91 Å². The van der Waals surface area contributed by atoms with Crippen LogP contribution in [0.25, 0.3) is 0 Å². The van der Waals surface area contributed by atoms with Crippen molar-refractivity contribution in [3.63, 3.8) is 0 Å². The van der Waals surface area contributed by atoms with Gasteiger partial charge in [0.1, 0.15) is 4.88 Å². The number of hydrogen-bond acceptors (Lipinski definition) is 3. The van der Waals surface area contributed by atoms with E-state index in [1.54, 1.807) is 11.7 Å². The molecule has 1 rings (SSSR count). The number of aromatic nitrogens is 1. The van der Waals surface area contributed by atoms with Crippen molar-refractivity contribution >= 4 is 33.2 Å². The average Bonchev–Trinajstić information content (AvgIpc) is 2.82. The Bertz CT molecular complexity index is 312. The van der Waals surface area contributed by atoms with Crippen molar-refractivity contribution in [3.05, 3.63) is 16.6 Å².